The normalized spacial score (nSPS) is 12.4. The van der Waals surface area contributed by atoms with Crippen molar-refractivity contribution in [3.63, 3.8) is 0 Å². The Morgan fingerprint density at radius 1 is 0.769 bits per heavy atom. The minimum atomic E-state index is -5.03. The van der Waals surface area contributed by atoms with Gasteiger partial charge in [0.25, 0.3) is 0 Å². The van der Waals surface area contributed by atoms with Crippen molar-refractivity contribution >= 4 is 27.7 Å². The minimum absolute atomic E-state index is 0.0414. The van der Waals surface area contributed by atoms with Crippen LogP contribution in [0.5, 0.6) is 5.75 Å². The van der Waals surface area contributed by atoms with Crippen LogP contribution in [0.3, 0.4) is 0 Å². The van der Waals surface area contributed by atoms with E-state index in [1.54, 1.807) is 0 Å². The van der Waals surface area contributed by atoms with E-state index in [0.29, 0.717) is 12.1 Å². The van der Waals surface area contributed by atoms with E-state index in [-0.39, 0.29) is 16.6 Å². The molecular weight excluding hydrogens is 467 g/mol. The Hall–Kier alpha value is -1.56. The van der Waals surface area contributed by atoms with E-state index in [1.807, 2.05) is 0 Å². The lowest BCUT2D eigenvalue weighted by molar-refractivity contribution is -0.189. The number of halogens is 10. The van der Waals surface area contributed by atoms with Crippen molar-refractivity contribution in [2.75, 3.05) is 0 Å². The highest BCUT2D eigenvalue weighted by molar-refractivity contribution is 9.10. The summed E-state index contributed by atoms with van der Waals surface area (Å²) < 4.78 is 123. The first-order chi connectivity index (χ1) is 11.8. The van der Waals surface area contributed by atoms with Gasteiger partial charge in [-0.3, -0.25) is 0 Å². The molecule has 0 amide bonds. The SMILES string of the molecule is Fc1cc(OC(F)(F)c2c(F)cc(Br)cc2F)cc(F)c1SC(F)(F)F. The summed E-state index contributed by atoms with van der Waals surface area (Å²) in [6.45, 7) is 0. The molecule has 2 aromatic carbocycles. The van der Waals surface area contributed by atoms with Crippen LogP contribution in [-0.2, 0) is 6.11 Å². The first kappa shape index (κ1) is 20.7. The van der Waals surface area contributed by atoms with Gasteiger partial charge in [-0.2, -0.15) is 22.0 Å². The van der Waals surface area contributed by atoms with Gasteiger partial charge in [0.2, 0.25) is 0 Å². The number of rotatable bonds is 4. The smallest absolute Gasteiger partial charge is 0.429 e. The number of hydrogen-bond acceptors (Lipinski definition) is 2. The van der Waals surface area contributed by atoms with Gasteiger partial charge < -0.3 is 4.74 Å². The van der Waals surface area contributed by atoms with Crippen LogP contribution in [0.4, 0.5) is 39.5 Å². The Balaban J connectivity index is 2.39. The molecule has 0 aliphatic carbocycles. The molecule has 26 heavy (non-hydrogen) atoms. The zero-order valence-electron chi connectivity index (χ0n) is 11.9. The lowest BCUT2D eigenvalue weighted by Crippen LogP contribution is -2.25. The predicted octanol–water partition coefficient (Wildman–Crippen LogP) is 6.75. The highest BCUT2D eigenvalue weighted by Gasteiger charge is 2.41. The van der Waals surface area contributed by atoms with Crippen LogP contribution in [0.15, 0.2) is 33.6 Å². The molecule has 1 nitrogen and oxygen atoms in total. The highest BCUT2D eigenvalue weighted by Crippen LogP contribution is 2.42. The molecule has 0 unspecified atom stereocenters. The number of benzene rings is 2. The summed E-state index contributed by atoms with van der Waals surface area (Å²) in [7, 11) is 0. The molecule has 0 bridgehead atoms. The Morgan fingerprint density at radius 2 is 1.23 bits per heavy atom. The summed E-state index contributed by atoms with van der Waals surface area (Å²) in [6, 6.07) is 1.08. The van der Waals surface area contributed by atoms with Crippen LogP contribution in [-0.4, -0.2) is 5.51 Å². The predicted molar refractivity (Wildman–Crippen MR) is 76.9 cm³/mol. The molecule has 0 radical (unpaired) electrons. The van der Waals surface area contributed by atoms with Crippen molar-refractivity contribution < 1.29 is 44.3 Å². The summed E-state index contributed by atoms with van der Waals surface area (Å²) in [5.74, 6) is -8.37. The molecule has 0 aliphatic heterocycles. The summed E-state index contributed by atoms with van der Waals surface area (Å²) >= 11 is 1.54. The molecule has 12 heteroatoms. The third-order valence-corrected chi connectivity index (χ3v) is 4.02. The van der Waals surface area contributed by atoms with Crippen molar-refractivity contribution in [2.24, 2.45) is 0 Å². The second-order valence-electron chi connectivity index (χ2n) is 4.63. The fraction of sp³-hybridized carbons (Fsp3) is 0.143. The van der Waals surface area contributed by atoms with Crippen molar-refractivity contribution in [1.29, 1.82) is 0 Å². The molecule has 0 atom stereocenters. The molecule has 0 aromatic heterocycles. The average molecular weight is 471 g/mol. The van der Waals surface area contributed by atoms with Crippen LogP contribution in [0.2, 0.25) is 0 Å². The number of ether oxygens (including phenoxy) is 1. The van der Waals surface area contributed by atoms with Gasteiger partial charge in [0, 0.05) is 16.6 Å². The molecule has 0 fully saturated rings. The van der Waals surface area contributed by atoms with Gasteiger partial charge in [0.05, 0.1) is 4.90 Å². The molecule has 0 heterocycles. The fourth-order valence-electron chi connectivity index (χ4n) is 1.83. The monoisotopic (exact) mass is 470 g/mol. The molecular formula is C14H4BrF9OS. The maximum absolute atomic E-state index is 14.0. The van der Waals surface area contributed by atoms with Crippen LogP contribution >= 0.6 is 27.7 Å². The topological polar surface area (TPSA) is 9.23 Å². The van der Waals surface area contributed by atoms with Gasteiger partial charge in [0.1, 0.15) is 34.6 Å². The van der Waals surface area contributed by atoms with Crippen molar-refractivity contribution in [1.82, 2.24) is 0 Å². The third-order valence-electron chi connectivity index (χ3n) is 2.73. The summed E-state index contributed by atoms with van der Waals surface area (Å²) in [4.78, 5) is -1.49. The van der Waals surface area contributed by atoms with E-state index < -0.39 is 62.9 Å². The lowest BCUT2D eigenvalue weighted by Gasteiger charge is -2.20. The molecule has 0 saturated carbocycles. The van der Waals surface area contributed by atoms with Gasteiger partial charge in [-0.1, -0.05) is 15.9 Å². The summed E-state index contributed by atoms with van der Waals surface area (Å²) in [5, 5.41) is 0. The Labute approximate surface area is 152 Å². The molecule has 2 rings (SSSR count). The first-order valence-electron chi connectivity index (χ1n) is 6.27. The highest BCUT2D eigenvalue weighted by atomic mass is 79.9. The first-order valence-corrected chi connectivity index (χ1v) is 7.88. The van der Waals surface area contributed by atoms with E-state index >= 15 is 0 Å². The zero-order chi connectivity index (χ0) is 19.9. The van der Waals surface area contributed by atoms with E-state index in [1.165, 1.54) is 0 Å². The summed E-state index contributed by atoms with van der Waals surface area (Å²) in [5.41, 5.74) is -6.87. The molecule has 142 valence electrons. The van der Waals surface area contributed by atoms with Crippen LogP contribution in [0.25, 0.3) is 0 Å². The minimum Gasteiger partial charge on any atom is -0.429 e. The molecule has 0 aliphatic rings. The number of alkyl halides is 5. The Kier molecular flexibility index (Phi) is 5.76. The largest absolute Gasteiger partial charge is 0.446 e. The number of hydrogen-bond donors (Lipinski definition) is 0. The fourth-order valence-corrected chi connectivity index (χ4v) is 2.77. The standard InChI is InChI=1S/C14H4BrF9OS/c15-5-1-7(16)11(8(17)2-5)13(20,21)25-6-3-9(18)12(10(19)4-6)26-14(22,23)24/h1-4H. The van der Waals surface area contributed by atoms with Gasteiger partial charge in [-0.15, -0.1) is 0 Å². The maximum Gasteiger partial charge on any atom is 0.446 e. The Morgan fingerprint density at radius 3 is 1.65 bits per heavy atom. The second kappa shape index (κ2) is 7.22. The maximum atomic E-state index is 14.0. The third kappa shape index (κ3) is 4.78. The average Bonchev–Trinajstić information content (AvgIpc) is 2.39. The van der Waals surface area contributed by atoms with Crippen LogP contribution < -0.4 is 4.74 Å². The van der Waals surface area contributed by atoms with E-state index in [2.05, 4.69) is 20.7 Å². The van der Waals surface area contributed by atoms with E-state index in [9.17, 15) is 39.5 Å². The van der Waals surface area contributed by atoms with Crippen LogP contribution in [0.1, 0.15) is 5.56 Å². The molecule has 2 aromatic rings. The zero-order valence-corrected chi connectivity index (χ0v) is 14.3. The molecule has 0 saturated heterocycles. The molecule has 0 N–H and O–H groups in total. The van der Waals surface area contributed by atoms with Crippen molar-refractivity contribution in [3.05, 3.63) is 57.6 Å². The van der Waals surface area contributed by atoms with Crippen molar-refractivity contribution in [3.8, 4) is 5.75 Å². The molecule has 0 spiro atoms. The lowest BCUT2D eigenvalue weighted by atomic mass is 10.2. The second-order valence-corrected chi connectivity index (χ2v) is 6.62. The van der Waals surface area contributed by atoms with Gasteiger partial charge in [-0.05, 0) is 23.9 Å². The van der Waals surface area contributed by atoms with Gasteiger partial charge in [0.15, 0.2) is 0 Å². The van der Waals surface area contributed by atoms with E-state index in [0.717, 1.165) is 0 Å². The van der Waals surface area contributed by atoms with Gasteiger partial charge >= 0.3 is 11.6 Å². The van der Waals surface area contributed by atoms with Gasteiger partial charge in [-0.25, -0.2) is 17.6 Å². The quantitative estimate of drug-likeness (QED) is 0.361. The summed E-state index contributed by atoms with van der Waals surface area (Å²) in [6.07, 6.45) is -4.70. The van der Waals surface area contributed by atoms with E-state index in [4.69, 9.17) is 0 Å². The van der Waals surface area contributed by atoms with Crippen molar-refractivity contribution in [2.45, 2.75) is 16.5 Å². The number of thioether (sulfide) groups is 1. The van der Waals surface area contributed by atoms with Crippen LogP contribution in [0, 0.1) is 23.3 Å². The Bertz CT molecular complexity index is 792.